The van der Waals surface area contributed by atoms with E-state index in [1.165, 1.54) is 11.3 Å². The van der Waals surface area contributed by atoms with Crippen LogP contribution in [0.15, 0.2) is 0 Å². The van der Waals surface area contributed by atoms with E-state index in [9.17, 15) is 9.90 Å². The summed E-state index contributed by atoms with van der Waals surface area (Å²) >= 11 is 1.24. The maximum atomic E-state index is 11.4. The Hall–Kier alpha value is -1.14. The zero-order chi connectivity index (χ0) is 15.5. The highest BCUT2D eigenvalue weighted by molar-refractivity contribution is 7.17. The number of carboxylic acid groups (broad SMARTS) is 1. The number of methoxy groups -OCH3 is 1. The van der Waals surface area contributed by atoms with Crippen LogP contribution < -0.4 is 4.90 Å². The summed E-state index contributed by atoms with van der Waals surface area (Å²) in [6, 6.07) is 0.241. The third-order valence-electron chi connectivity index (χ3n) is 2.93. The van der Waals surface area contributed by atoms with Crippen molar-refractivity contribution < 1.29 is 14.6 Å². The standard InChI is InChI=1S/C14H24N2O3S/c1-9(2)16(7-8-19-6)13-15-11(14(3,4)5)10(20-13)12(17)18/h9H,7-8H2,1-6H3,(H,17,18). The molecule has 0 spiro atoms. The van der Waals surface area contributed by atoms with Crippen LogP contribution in [-0.4, -0.2) is 42.4 Å². The van der Waals surface area contributed by atoms with Crippen LogP contribution in [0.3, 0.4) is 0 Å². The monoisotopic (exact) mass is 300 g/mol. The first-order chi connectivity index (χ1) is 9.18. The first-order valence-corrected chi connectivity index (χ1v) is 7.50. The molecule has 0 fully saturated rings. The lowest BCUT2D eigenvalue weighted by molar-refractivity contribution is 0.0699. The van der Waals surface area contributed by atoms with Gasteiger partial charge in [-0.05, 0) is 13.8 Å². The summed E-state index contributed by atoms with van der Waals surface area (Å²) in [5, 5.41) is 10.1. The highest BCUT2D eigenvalue weighted by Crippen LogP contribution is 2.34. The van der Waals surface area contributed by atoms with Gasteiger partial charge in [0, 0.05) is 25.1 Å². The number of aromatic carboxylic acids is 1. The Morgan fingerprint density at radius 1 is 1.45 bits per heavy atom. The maximum Gasteiger partial charge on any atom is 0.347 e. The minimum absolute atomic E-state index is 0.241. The molecule has 0 aliphatic rings. The normalized spacial score (nSPS) is 11.9. The van der Waals surface area contributed by atoms with Crippen LogP contribution >= 0.6 is 11.3 Å². The molecule has 114 valence electrons. The van der Waals surface area contributed by atoms with E-state index in [0.29, 0.717) is 23.7 Å². The molecule has 0 saturated heterocycles. The summed E-state index contributed by atoms with van der Waals surface area (Å²) in [6.07, 6.45) is 0. The zero-order valence-electron chi connectivity index (χ0n) is 13.1. The van der Waals surface area contributed by atoms with Crippen LogP contribution in [0.2, 0.25) is 0 Å². The van der Waals surface area contributed by atoms with Crippen LogP contribution in [0, 0.1) is 0 Å². The molecular formula is C14H24N2O3S. The van der Waals surface area contributed by atoms with E-state index in [0.717, 1.165) is 5.13 Å². The molecular weight excluding hydrogens is 276 g/mol. The number of hydrogen-bond acceptors (Lipinski definition) is 5. The van der Waals surface area contributed by atoms with Crippen LogP contribution in [0.4, 0.5) is 5.13 Å². The topological polar surface area (TPSA) is 62.7 Å². The molecule has 1 aromatic rings. The number of carbonyl (C=O) groups is 1. The summed E-state index contributed by atoms with van der Waals surface area (Å²) in [6.45, 7) is 11.4. The number of anilines is 1. The molecule has 0 atom stereocenters. The molecule has 0 aromatic carbocycles. The van der Waals surface area contributed by atoms with Crippen molar-refractivity contribution in [2.45, 2.75) is 46.1 Å². The predicted molar refractivity (Wildman–Crippen MR) is 82.1 cm³/mol. The molecule has 1 rings (SSSR count). The largest absolute Gasteiger partial charge is 0.477 e. The van der Waals surface area contributed by atoms with Crippen molar-refractivity contribution in [1.82, 2.24) is 4.98 Å². The van der Waals surface area contributed by atoms with Crippen molar-refractivity contribution in [2.75, 3.05) is 25.2 Å². The van der Waals surface area contributed by atoms with E-state index in [1.807, 2.05) is 20.8 Å². The number of hydrogen-bond donors (Lipinski definition) is 1. The lowest BCUT2D eigenvalue weighted by Crippen LogP contribution is -2.33. The molecule has 1 aromatic heterocycles. The van der Waals surface area contributed by atoms with Gasteiger partial charge in [-0.3, -0.25) is 0 Å². The van der Waals surface area contributed by atoms with Crippen LogP contribution in [-0.2, 0) is 10.2 Å². The van der Waals surface area contributed by atoms with Crippen molar-refractivity contribution >= 4 is 22.4 Å². The van der Waals surface area contributed by atoms with Gasteiger partial charge in [-0.25, -0.2) is 9.78 Å². The Morgan fingerprint density at radius 3 is 2.40 bits per heavy atom. The number of aromatic nitrogens is 1. The number of ether oxygens (including phenoxy) is 1. The fourth-order valence-corrected chi connectivity index (χ4v) is 3.12. The molecule has 0 unspecified atom stereocenters. The van der Waals surface area contributed by atoms with Gasteiger partial charge >= 0.3 is 5.97 Å². The van der Waals surface area contributed by atoms with Gasteiger partial charge in [0.25, 0.3) is 0 Å². The summed E-state index contributed by atoms with van der Waals surface area (Å²) in [5.74, 6) is -0.908. The van der Waals surface area contributed by atoms with Gasteiger partial charge in [0.05, 0.1) is 12.3 Å². The lowest BCUT2D eigenvalue weighted by atomic mass is 9.91. The van der Waals surface area contributed by atoms with Gasteiger partial charge in [-0.1, -0.05) is 32.1 Å². The van der Waals surface area contributed by atoms with Crippen molar-refractivity contribution in [1.29, 1.82) is 0 Å². The molecule has 1 N–H and O–H groups in total. The summed E-state index contributed by atoms with van der Waals surface area (Å²) in [4.78, 5) is 18.4. The van der Waals surface area contributed by atoms with E-state index in [-0.39, 0.29) is 11.5 Å². The molecule has 0 aliphatic heterocycles. The van der Waals surface area contributed by atoms with Gasteiger partial charge < -0.3 is 14.7 Å². The van der Waals surface area contributed by atoms with Crippen LogP contribution in [0.5, 0.6) is 0 Å². The van der Waals surface area contributed by atoms with Crippen molar-refractivity contribution in [3.05, 3.63) is 10.6 Å². The van der Waals surface area contributed by atoms with Crippen molar-refractivity contribution in [2.24, 2.45) is 0 Å². The summed E-state index contributed by atoms with van der Waals surface area (Å²) in [5.41, 5.74) is 0.361. The third kappa shape index (κ3) is 3.93. The second-order valence-electron chi connectivity index (χ2n) is 6.01. The first-order valence-electron chi connectivity index (χ1n) is 6.68. The van der Waals surface area contributed by atoms with Crippen LogP contribution in [0.25, 0.3) is 0 Å². The van der Waals surface area contributed by atoms with Gasteiger partial charge in [-0.15, -0.1) is 0 Å². The number of rotatable bonds is 6. The molecule has 20 heavy (non-hydrogen) atoms. The summed E-state index contributed by atoms with van der Waals surface area (Å²) < 4.78 is 5.11. The second kappa shape index (κ2) is 6.54. The minimum Gasteiger partial charge on any atom is -0.477 e. The highest BCUT2D eigenvalue weighted by Gasteiger charge is 2.29. The molecule has 0 aliphatic carbocycles. The van der Waals surface area contributed by atoms with Crippen molar-refractivity contribution in [3.8, 4) is 0 Å². The van der Waals surface area contributed by atoms with E-state index in [1.54, 1.807) is 7.11 Å². The molecule has 1 heterocycles. The quantitative estimate of drug-likeness (QED) is 0.875. The second-order valence-corrected chi connectivity index (χ2v) is 6.99. The Bertz CT molecular complexity index is 463. The number of carboxylic acids is 1. The van der Waals surface area contributed by atoms with Crippen LogP contribution in [0.1, 0.15) is 50.0 Å². The minimum atomic E-state index is -0.908. The molecule has 6 heteroatoms. The lowest BCUT2D eigenvalue weighted by Gasteiger charge is -2.26. The average molecular weight is 300 g/mol. The van der Waals surface area contributed by atoms with E-state index in [4.69, 9.17) is 4.74 Å². The van der Waals surface area contributed by atoms with E-state index < -0.39 is 5.97 Å². The molecule has 0 amide bonds. The number of thiazole rings is 1. The predicted octanol–water partition coefficient (Wildman–Crippen LogP) is 3.00. The molecule has 5 nitrogen and oxygen atoms in total. The zero-order valence-corrected chi connectivity index (χ0v) is 13.9. The van der Waals surface area contributed by atoms with Gasteiger partial charge in [-0.2, -0.15) is 0 Å². The van der Waals surface area contributed by atoms with Gasteiger partial charge in [0.2, 0.25) is 0 Å². The third-order valence-corrected chi connectivity index (χ3v) is 4.01. The molecule has 0 bridgehead atoms. The Morgan fingerprint density at radius 2 is 2.05 bits per heavy atom. The number of nitrogens with zero attached hydrogens (tertiary/aromatic N) is 2. The fraction of sp³-hybridized carbons (Fsp3) is 0.714. The van der Waals surface area contributed by atoms with E-state index >= 15 is 0 Å². The van der Waals surface area contributed by atoms with Gasteiger partial charge in [0.15, 0.2) is 5.13 Å². The Labute approximate surface area is 124 Å². The SMILES string of the molecule is COCCN(c1nc(C(C)(C)C)c(C(=O)O)s1)C(C)C. The first kappa shape index (κ1) is 16.9. The maximum absolute atomic E-state index is 11.4. The smallest absolute Gasteiger partial charge is 0.347 e. The van der Waals surface area contributed by atoms with Gasteiger partial charge in [0.1, 0.15) is 4.88 Å². The summed E-state index contributed by atoms with van der Waals surface area (Å²) in [7, 11) is 1.66. The average Bonchev–Trinajstić information content (AvgIpc) is 2.73. The fourth-order valence-electron chi connectivity index (χ4n) is 1.85. The molecule has 0 radical (unpaired) electrons. The Balaban J connectivity index is 3.21. The molecule has 0 saturated carbocycles. The highest BCUT2D eigenvalue weighted by atomic mass is 32.1. The van der Waals surface area contributed by atoms with E-state index in [2.05, 4.69) is 23.7 Å². The van der Waals surface area contributed by atoms with Crippen molar-refractivity contribution in [3.63, 3.8) is 0 Å². The Kier molecular flexibility index (Phi) is 5.53.